The molecule has 0 bridgehead atoms. The molecule has 1 fully saturated rings. The Bertz CT molecular complexity index is 746. The molecule has 9 heteroatoms. The van der Waals surface area contributed by atoms with Crippen LogP contribution >= 0.6 is 0 Å². The highest BCUT2D eigenvalue weighted by Crippen LogP contribution is 2.32. The van der Waals surface area contributed by atoms with E-state index in [0.29, 0.717) is 18.8 Å². The third kappa shape index (κ3) is 3.65. The summed E-state index contributed by atoms with van der Waals surface area (Å²) in [4.78, 5) is 15.4. The van der Waals surface area contributed by atoms with E-state index in [-0.39, 0.29) is 23.4 Å². The highest BCUT2D eigenvalue weighted by molar-refractivity contribution is 5.89. The summed E-state index contributed by atoms with van der Waals surface area (Å²) in [6, 6.07) is 5.75. The van der Waals surface area contributed by atoms with Gasteiger partial charge in [-0.15, -0.1) is 0 Å². The Labute approximate surface area is 140 Å². The van der Waals surface area contributed by atoms with Crippen LogP contribution in [0.25, 0.3) is 11.4 Å². The largest absolute Gasteiger partial charge is 0.471 e. The maximum Gasteiger partial charge on any atom is 0.471 e. The van der Waals surface area contributed by atoms with Gasteiger partial charge in [0, 0.05) is 5.56 Å². The van der Waals surface area contributed by atoms with Gasteiger partial charge in [-0.2, -0.15) is 18.2 Å². The molecule has 1 aliphatic heterocycles. The molecule has 1 aromatic carbocycles. The number of rotatable bonds is 5. The van der Waals surface area contributed by atoms with E-state index in [1.165, 1.54) is 24.3 Å². The van der Waals surface area contributed by atoms with Crippen LogP contribution in [0.2, 0.25) is 0 Å². The van der Waals surface area contributed by atoms with Gasteiger partial charge in [0.15, 0.2) is 0 Å². The summed E-state index contributed by atoms with van der Waals surface area (Å²) in [5, 5.41) is 3.29. The molecule has 0 amide bonds. The first kappa shape index (κ1) is 17.4. The van der Waals surface area contributed by atoms with Crippen LogP contribution in [0.1, 0.15) is 29.6 Å². The number of hydrogen-bond acceptors (Lipinski definition) is 6. The van der Waals surface area contributed by atoms with E-state index in [2.05, 4.69) is 14.7 Å². The van der Waals surface area contributed by atoms with Crippen LogP contribution in [0.4, 0.5) is 13.2 Å². The molecule has 25 heavy (non-hydrogen) atoms. The Morgan fingerprint density at radius 3 is 2.44 bits per heavy atom. The van der Waals surface area contributed by atoms with Crippen LogP contribution in [0.3, 0.4) is 0 Å². The summed E-state index contributed by atoms with van der Waals surface area (Å²) in [5.41, 5.74) is 0.469. The fourth-order valence-electron chi connectivity index (χ4n) is 2.29. The first-order chi connectivity index (χ1) is 11.8. The molecule has 2 aromatic rings. The summed E-state index contributed by atoms with van der Waals surface area (Å²) in [7, 11) is 0. The van der Waals surface area contributed by atoms with Gasteiger partial charge in [0.05, 0.1) is 24.2 Å². The second-order valence-corrected chi connectivity index (χ2v) is 5.92. The number of hydrogen-bond donors (Lipinski definition) is 0. The molecule has 2 heterocycles. The van der Waals surface area contributed by atoms with E-state index in [1.54, 1.807) is 0 Å². The number of aromatic nitrogens is 2. The van der Waals surface area contributed by atoms with Crippen molar-refractivity contribution in [3.8, 4) is 11.4 Å². The van der Waals surface area contributed by atoms with Gasteiger partial charge in [-0.3, -0.25) is 0 Å². The van der Waals surface area contributed by atoms with Crippen molar-refractivity contribution in [1.82, 2.24) is 10.1 Å². The average molecular weight is 356 g/mol. The number of carbonyl (C=O) groups is 1. The lowest BCUT2D eigenvalue weighted by Crippen LogP contribution is -2.46. The highest BCUT2D eigenvalue weighted by atomic mass is 19.4. The lowest BCUT2D eigenvalue weighted by Gasteiger charge is -2.39. The number of carbonyl (C=O) groups excluding carboxylic acids is 1. The molecule has 0 spiro atoms. The van der Waals surface area contributed by atoms with Crippen LogP contribution in [0, 0.1) is 5.41 Å². The van der Waals surface area contributed by atoms with Crippen molar-refractivity contribution in [1.29, 1.82) is 0 Å². The Hall–Kier alpha value is -2.42. The normalized spacial score (nSPS) is 16.3. The lowest BCUT2D eigenvalue weighted by atomic mass is 9.84. The number of esters is 1. The van der Waals surface area contributed by atoms with E-state index >= 15 is 0 Å². The standard InChI is InChI=1S/C16H15F3N2O4/c1-2-15(7-23-8-15)9-24-13(22)11-5-3-10(4-6-11)12-20-14(25-21-12)16(17,18)19/h3-6H,2,7-9H2,1H3. The molecule has 1 aliphatic rings. The fraction of sp³-hybridized carbons (Fsp3) is 0.438. The molecular weight excluding hydrogens is 341 g/mol. The van der Waals surface area contributed by atoms with Gasteiger partial charge in [-0.25, -0.2) is 4.79 Å². The molecule has 0 atom stereocenters. The predicted octanol–water partition coefficient (Wildman–Crippen LogP) is 3.34. The second kappa shape index (κ2) is 6.47. The van der Waals surface area contributed by atoms with E-state index in [9.17, 15) is 18.0 Å². The van der Waals surface area contributed by atoms with Gasteiger partial charge in [-0.05, 0) is 18.6 Å². The SMILES string of the molecule is CCC1(COC(=O)c2ccc(-c3noc(C(F)(F)F)n3)cc2)COC1. The number of ether oxygens (including phenoxy) is 2. The summed E-state index contributed by atoms with van der Waals surface area (Å²) in [6.07, 6.45) is -3.85. The number of alkyl halides is 3. The molecule has 0 radical (unpaired) electrons. The highest BCUT2D eigenvalue weighted by Gasteiger charge is 2.39. The molecule has 0 aliphatic carbocycles. The second-order valence-electron chi connectivity index (χ2n) is 5.92. The molecule has 0 N–H and O–H groups in total. The van der Waals surface area contributed by atoms with Crippen LogP contribution in [0.15, 0.2) is 28.8 Å². The summed E-state index contributed by atoms with van der Waals surface area (Å²) >= 11 is 0. The van der Waals surface area contributed by atoms with Crippen molar-refractivity contribution in [3.05, 3.63) is 35.7 Å². The fourth-order valence-corrected chi connectivity index (χ4v) is 2.29. The molecule has 6 nitrogen and oxygen atoms in total. The van der Waals surface area contributed by atoms with Crippen molar-refractivity contribution >= 4 is 5.97 Å². The van der Waals surface area contributed by atoms with Gasteiger partial charge in [0.1, 0.15) is 6.61 Å². The molecule has 0 saturated carbocycles. The third-order valence-electron chi connectivity index (χ3n) is 4.12. The Morgan fingerprint density at radius 1 is 1.28 bits per heavy atom. The van der Waals surface area contributed by atoms with Gasteiger partial charge in [-0.1, -0.05) is 24.2 Å². The number of benzene rings is 1. The van der Waals surface area contributed by atoms with Gasteiger partial charge in [0.25, 0.3) is 0 Å². The Kier molecular flexibility index (Phi) is 4.51. The molecule has 0 unspecified atom stereocenters. The van der Waals surface area contributed by atoms with E-state index in [1.807, 2.05) is 6.92 Å². The van der Waals surface area contributed by atoms with Crippen molar-refractivity contribution in [3.63, 3.8) is 0 Å². The summed E-state index contributed by atoms with van der Waals surface area (Å²) in [5.74, 6) is -2.13. The van der Waals surface area contributed by atoms with Crippen LogP contribution in [-0.2, 0) is 15.7 Å². The maximum absolute atomic E-state index is 12.5. The van der Waals surface area contributed by atoms with Crippen LogP contribution in [0.5, 0.6) is 0 Å². The smallest absolute Gasteiger partial charge is 0.461 e. The van der Waals surface area contributed by atoms with E-state index in [0.717, 1.165) is 6.42 Å². The predicted molar refractivity (Wildman–Crippen MR) is 78.6 cm³/mol. The summed E-state index contributed by atoms with van der Waals surface area (Å²) in [6.45, 7) is 3.40. The van der Waals surface area contributed by atoms with E-state index in [4.69, 9.17) is 9.47 Å². The van der Waals surface area contributed by atoms with Crippen molar-refractivity contribution in [2.45, 2.75) is 19.5 Å². The van der Waals surface area contributed by atoms with E-state index < -0.39 is 18.0 Å². The third-order valence-corrected chi connectivity index (χ3v) is 4.12. The van der Waals surface area contributed by atoms with Crippen molar-refractivity contribution in [2.75, 3.05) is 19.8 Å². The minimum absolute atomic E-state index is 0.117. The van der Waals surface area contributed by atoms with Crippen LogP contribution < -0.4 is 0 Å². The minimum atomic E-state index is -4.70. The maximum atomic E-state index is 12.5. The Balaban J connectivity index is 1.65. The first-order valence-corrected chi connectivity index (χ1v) is 7.59. The van der Waals surface area contributed by atoms with Gasteiger partial charge in [0.2, 0.25) is 5.82 Å². The average Bonchev–Trinajstić information content (AvgIpc) is 3.04. The number of halogens is 3. The monoisotopic (exact) mass is 356 g/mol. The Morgan fingerprint density at radius 2 is 1.96 bits per heavy atom. The number of nitrogens with zero attached hydrogens (tertiary/aromatic N) is 2. The zero-order chi connectivity index (χ0) is 18.1. The molecule has 134 valence electrons. The van der Waals surface area contributed by atoms with Crippen LogP contribution in [-0.4, -0.2) is 35.9 Å². The summed E-state index contributed by atoms with van der Waals surface area (Å²) < 4.78 is 52.0. The topological polar surface area (TPSA) is 74.5 Å². The lowest BCUT2D eigenvalue weighted by molar-refractivity contribution is -0.159. The molecule has 1 saturated heterocycles. The molecule has 1 aromatic heterocycles. The minimum Gasteiger partial charge on any atom is -0.461 e. The zero-order valence-corrected chi connectivity index (χ0v) is 13.3. The van der Waals surface area contributed by atoms with Gasteiger partial charge >= 0.3 is 18.0 Å². The van der Waals surface area contributed by atoms with Gasteiger partial charge < -0.3 is 14.0 Å². The van der Waals surface area contributed by atoms with Crippen molar-refractivity contribution in [2.24, 2.45) is 5.41 Å². The molecular formula is C16H15F3N2O4. The van der Waals surface area contributed by atoms with Crippen molar-refractivity contribution < 1.29 is 32.0 Å². The zero-order valence-electron chi connectivity index (χ0n) is 13.3. The quantitative estimate of drug-likeness (QED) is 0.765. The first-order valence-electron chi connectivity index (χ1n) is 7.59. The molecule has 3 rings (SSSR count).